The molecule has 2 heterocycles. The van der Waals surface area contributed by atoms with Gasteiger partial charge in [0.05, 0.1) is 30.0 Å². The highest BCUT2D eigenvalue weighted by Gasteiger charge is 2.44. The highest BCUT2D eigenvalue weighted by atomic mass is 127. The van der Waals surface area contributed by atoms with Gasteiger partial charge in [-0.05, 0) is 78.9 Å². The fourth-order valence-electron chi connectivity index (χ4n) is 4.51. The van der Waals surface area contributed by atoms with Gasteiger partial charge in [0, 0.05) is 22.7 Å². The third-order valence-electron chi connectivity index (χ3n) is 6.45. The van der Waals surface area contributed by atoms with E-state index < -0.39 is 34.6 Å². The van der Waals surface area contributed by atoms with Crippen LogP contribution >= 0.6 is 22.6 Å². The Morgan fingerprint density at radius 2 is 1.97 bits per heavy atom. The lowest BCUT2D eigenvalue weighted by molar-refractivity contribution is -0.0806. The van der Waals surface area contributed by atoms with Crippen LogP contribution in [0.15, 0.2) is 30.3 Å². The Bertz CT molecular complexity index is 1060. The summed E-state index contributed by atoms with van der Waals surface area (Å²) in [7, 11) is 0. The van der Waals surface area contributed by atoms with E-state index in [1.54, 1.807) is 6.07 Å². The van der Waals surface area contributed by atoms with Crippen LogP contribution in [-0.4, -0.2) is 71.7 Å². The van der Waals surface area contributed by atoms with Gasteiger partial charge in [0.25, 0.3) is 5.91 Å². The lowest BCUT2D eigenvalue weighted by atomic mass is 9.92. The maximum Gasteiger partial charge on any atom is 0.256 e. The van der Waals surface area contributed by atoms with Crippen molar-refractivity contribution in [3.05, 3.63) is 56.9 Å². The number of carbonyl (C=O) groups excluding carboxylic acids is 1. The summed E-state index contributed by atoms with van der Waals surface area (Å²) in [4.78, 5) is 16.8. The van der Waals surface area contributed by atoms with Crippen LogP contribution in [0.1, 0.15) is 30.1 Å². The van der Waals surface area contributed by atoms with E-state index in [2.05, 4.69) is 22.5 Å². The molecule has 2 aromatic carbocycles. The summed E-state index contributed by atoms with van der Waals surface area (Å²) in [6.07, 6.45) is 2.13. The number of nitrogens with one attached hydrogen (secondary N) is 2. The molecule has 4 rings (SSSR count). The number of halogens is 4. The van der Waals surface area contributed by atoms with Crippen LogP contribution in [0.25, 0.3) is 0 Å². The van der Waals surface area contributed by atoms with Gasteiger partial charge in [0.2, 0.25) is 0 Å². The number of amides is 1. The molecule has 0 radical (unpaired) electrons. The zero-order valence-electron chi connectivity index (χ0n) is 18.9. The highest BCUT2D eigenvalue weighted by molar-refractivity contribution is 14.1. The monoisotopic (exact) mass is 588 g/mol. The maximum absolute atomic E-state index is 14.6. The molecule has 2 aliphatic heterocycles. The van der Waals surface area contributed by atoms with Crippen molar-refractivity contribution >= 4 is 39.9 Å². The summed E-state index contributed by atoms with van der Waals surface area (Å²) >= 11 is 1.94. The zero-order valence-corrected chi connectivity index (χ0v) is 21.0. The van der Waals surface area contributed by atoms with Gasteiger partial charge in [-0.1, -0.05) is 6.92 Å². The molecule has 3 N–H and O–H groups in total. The summed E-state index contributed by atoms with van der Waals surface area (Å²) in [6, 6.07) is 6.58. The average Bonchev–Trinajstić information content (AvgIpc) is 2.80. The summed E-state index contributed by atoms with van der Waals surface area (Å²) < 4.78 is 43.5. The zero-order chi connectivity index (χ0) is 24.5. The molecule has 0 saturated carbocycles. The van der Waals surface area contributed by atoms with Gasteiger partial charge >= 0.3 is 0 Å². The fourth-order valence-corrected chi connectivity index (χ4v) is 4.96. The molecule has 0 spiro atoms. The van der Waals surface area contributed by atoms with Crippen LogP contribution in [0.4, 0.5) is 24.5 Å². The van der Waals surface area contributed by atoms with Gasteiger partial charge in [0.15, 0.2) is 11.6 Å². The number of nitrogens with zero attached hydrogens (tertiary/aromatic N) is 2. The van der Waals surface area contributed by atoms with Crippen LogP contribution < -0.4 is 10.6 Å². The first-order chi connectivity index (χ1) is 16.2. The second-order valence-corrected chi connectivity index (χ2v) is 10.3. The van der Waals surface area contributed by atoms with Crippen molar-refractivity contribution in [3.8, 4) is 0 Å². The number of piperidine rings is 1. The Morgan fingerprint density at radius 3 is 2.68 bits per heavy atom. The first-order valence-electron chi connectivity index (χ1n) is 11.4. The summed E-state index contributed by atoms with van der Waals surface area (Å²) in [6.45, 7) is 5.60. The number of likely N-dealkylation sites (N-methyl/N-ethyl adjacent to an activating group) is 1. The van der Waals surface area contributed by atoms with Crippen molar-refractivity contribution in [1.29, 1.82) is 0 Å². The lowest BCUT2D eigenvalue weighted by Gasteiger charge is -2.47. The molecule has 0 bridgehead atoms. The number of hydrogen-bond donors (Lipinski definition) is 3. The summed E-state index contributed by atoms with van der Waals surface area (Å²) in [5, 5.41) is 16.8. The average molecular weight is 588 g/mol. The van der Waals surface area contributed by atoms with Gasteiger partial charge in [-0.15, -0.1) is 0 Å². The Morgan fingerprint density at radius 1 is 1.21 bits per heavy atom. The smallest absolute Gasteiger partial charge is 0.256 e. The summed E-state index contributed by atoms with van der Waals surface area (Å²) in [5.41, 5.74) is -1.71. The molecule has 2 saturated heterocycles. The van der Waals surface area contributed by atoms with Crippen LogP contribution in [0, 0.1) is 21.0 Å². The number of anilines is 2. The molecule has 0 aromatic heterocycles. The molecule has 1 unspecified atom stereocenters. The van der Waals surface area contributed by atoms with Gasteiger partial charge in [0.1, 0.15) is 11.4 Å². The van der Waals surface area contributed by atoms with E-state index in [0.717, 1.165) is 38.5 Å². The minimum absolute atomic E-state index is 0.0688. The molecule has 1 atom stereocenters. The molecule has 2 aromatic rings. The molecule has 2 aliphatic rings. The molecular weight excluding hydrogens is 560 g/mol. The minimum atomic E-state index is -1.26. The predicted octanol–water partition coefficient (Wildman–Crippen LogP) is 3.71. The molecule has 1 amide bonds. The number of carbonyl (C=O) groups is 1. The second kappa shape index (κ2) is 10.4. The molecule has 6 nitrogen and oxygen atoms in total. The Labute approximate surface area is 210 Å². The first kappa shape index (κ1) is 25.2. The van der Waals surface area contributed by atoms with E-state index in [-0.39, 0.29) is 30.4 Å². The molecular formula is C24H28F3IN4O2. The van der Waals surface area contributed by atoms with Crippen LogP contribution in [-0.2, 0) is 0 Å². The van der Waals surface area contributed by atoms with E-state index in [0.29, 0.717) is 10.1 Å². The van der Waals surface area contributed by atoms with Gasteiger partial charge < -0.3 is 25.5 Å². The number of β-amino-alcohol motifs (C(OH)–C–C–N with tert-alkyl or cyclic N) is 1. The van der Waals surface area contributed by atoms with E-state index in [9.17, 15) is 23.1 Å². The van der Waals surface area contributed by atoms with E-state index in [4.69, 9.17) is 0 Å². The van der Waals surface area contributed by atoms with Gasteiger partial charge in [-0.3, -0.25) is 4.79 Å². The van der Waals surface area contributed by atoms with Gasteiger partial charge in [-0.2, -0.15) is 0 Å². The van der Waals surface area contributed by atoms with Crippen molar-refractivity contribution in [2.24, 2.45) is 0 Å². The molecule has 184 valence electrons. The Balaban J connectivity index is 1.43. The minimum Gasteiger partial charge on any atom is -0.385 e. The number of rotatable bonds is 7. The molecule has 0 aliphatic carbocycles. The predicted molar refractivity (Wildman–Crippen MR) is 133 cm³/mol. The standard InChI is InChI=1S/C24H28F3IN4O2/c1-2-31-9-3-4-16(11-31)29-12-24(34)13-32(14-24)23(33)17-6-7-18(25)21(27)22(17)30-20-8-5-15(28)10-19(20)26/h5-8,10,16,29-30,34H,2-4,9,11-14H2,1H3. The fraction of sp³-hybridized carbons (Fsp3) is 0.458. The van der Waals surface area contributed by atoms with Crippen molar-refractivity contribution in [2.45, 2.75) is 31.4 Å². The lowest BCUT2D eigenvalue weighted by Crippen LogP contribution is -2.68. The quantitative estimate of drug-likeness (QED) is 0.431. The number of hydrogen-bond acceptors (Lipinski definition) is 5. The van der Waals surface area contributed by atoms with E-state index >= 15 is 0 Å². The number of likely N-dealkylation sites (tertiary alicyclic amines) is 2. The molecule has 2 fully saturated rings. The van der Waals surface area contributed by atoms with Gasteiger partial charge in [-0.25, -0.2) is 13.2 Å². The maximum atomic E-state index is 14.6. The molecule has 10 heteroatoms. The van der Waals surface area contributed by atoms with Crippen molar-refractivity contribution < 1.29 is 23.1 Å². The third-order valence-corrected chi connectivity index (χ3v) is 7.12. The highest BCUT2D eigenvalue weighted by Crippen LogP contribution is 2.31. The van der Waals surface area contributed by atoms with E-state index in [1.165, 1.54) is 23.1 Å². The largest absolute Gasteiger partial charge is 0.385 e. The number of benzene rings is 2. The van der Waals surface area contributed by atoms with Crippen LogP contribution in [0.5, 0.6) is 0 Å². The van der Waals surface area contributed by atoms with Crippen LogP contribution in [0.3, 0.4) is 0 Å². The normalized spacial score (nSPS) is 20.2. The Hall–Kier alpha value is -1.89. The van der Waals surface area contributed by atoms with Crippen LogP contribution in [0.2, 0.25) is 0 Å². The molecule has 34 heavy (non-hydrogen) atoms. The Kier molecular flexibility index (Phi) is 7.70. The third kappa shape index (κ3) is 5.50. The summed E-state index contributed by atoms with van der Waals surface area (Å²) in [5.74, 6) is -3.63. The van der Waals surface area contributed by atoms with Crippen molar-refractivity contribution in [1.82, 2.24) is 15.1 Å². The topological polar surface area (TPSA) is 67.8 Å². The van der Waals surface area contributed by atoms with Crippen molar-refractivity contribution in [2.75, 3.05) is 44.6 Å². The SMILES string of the molecule is CCN1CCCC(NCC2(O)CN(C(=O)c3ccc(F)c(F)c3Nc3ccc(I)cc3F)C2)C1. The second-order valence-electron chi connectivity index (χ2n) is 9.03. The number of aliphatic hydroxyl groups is 1. The first-order valence-corrected chi connectivity index (χ1v) is 12.4. The van der Waals surface area contributed by atoms with Crippen molar-refractivity contribution in [3.63, 3.8) is 0 Å². The van der Waals surface area contributed by atoms with E-state index in [1.807, 2.05) is 22.6 Å².